The van der Waals surface area contributed by atoms with Crippen LogP contribution in [0.4, 0.5) is 0 Å². The lowest BCUT2D eigenvalue weighted by Gasteiger charge is -2.19. The summed E-state index contributed by atoms with van der Waals surface area (Å²) in [5, 5.41) is 0. The van der Waals surface area contributed by atoms with Gasteiger partial charge in [-0.15, -0.1) is 0 Å². The van der Waals surface area contributed by atoms with E-state index in [1.807, 2.05) is 24.3 Å². The number of rotatable bonds is 42. The minimum atomic E-state index is -4.43. The zero-order chi connectivity index (χ0) is 44.6. The number of phosphoric acid groups is 1. The van der Waals surface area contributed by atoms with Gasteiger partial charge < -0.3 is 20.1 Å². The van der Waals surface area contributed by atoms with Crippen LogP contribution in [0.25, 0.3) is 0 Å². The molecule has 0 amide bonds. The molecule has 346 valence electrons. The van der Waals surface area contributed by atoms with E-state index in [-0.39, 0.29) is 32.6 Å². The first-order valence-corrected chi connectivity index (χ1v) is 24.9. The maximum atomic E-state index is 12.5. The molecular formula is C51H84NO8P. The Kier molecular flexibility index (Phi) is 43.7. The molecule has 0 aliphatic carbocycles. The number of ether oxygens (including phenoxy) is 2. The summed E-state index contributed by atoms with van der Waals surface area (Å²) >= 11 is 0. The van der Waals surface area contributed by atoms with Crippen LogP contribution in [0, 0.1) is 0 Å². The zero-order valence-electron chi connectivity index (χ0n) is 38.1. The summed E-state index contributed by atoms with van der Waals surface area (Å²) in [6.07, 6.45) is 61.8. The molecule has 0 saturated carbocycles. The molecule has 0 aromatic rings. The number of hydrogen-bond donors (Lipinski definition) is 2. The average molecular weight is 870 g/mol. The van der Waals surface area contributed by atoms with Crippen molar-refractivity contribution >= 4 is 19.8 Å². The molecule has 0 saturated heterocycles. The van der Waals surface area contributed by atoms with Gasteiger partial charge in [-0.2, -0.15) is 0 Å². The van der Waals surface area contributed by atoms with Crippen LogP contribution in [-0.2, 0) is 32.7 Å². The van der Waals surface area contributed by atoms with Gasteiger partial charge in [0.1, 0.15) is 6.61 Å². The third-order valence-corrected chi connectivity index (χ3v) is 10.2. The van der Waals surface area contributed by atoms with Crippen LogP contribution < -0.4 is 5.73 Å². The van der Waals surface area contributed by atoms with Gasteiger partial charge in [0, 0.05) is 6.54 Å². The fraction of sp³-hybridized carbons (Fsp3) is 0.608. The lowest BCUT2D eigenvalue weighted by molar-refractivity contribution is -0.160. The van der Waals surface area contributed by atoms with Crippen molar-refractivity contribution in [2.75, 3.05) is 26.4 Å². The van der Waals surface area contributed by atoms with Gasteiger partial charge in [-0.1, -0.05) is 194 Å². The fourth-order valence-electron chi connectivity index (χ4n) is 5.73. The van der Waals surface area contributed by atoms with Crippen LogP contribution in [0.5, 0.6) is 0 Å². The maximum Gasteiger partial charge on any atom is 0.472 e. The Labute approximate surface area is 371 Å². The van der Waals surface area contributed by atoms with Gasteiger partial charge in [0.2, 0.25) is 0 Å². The third kappa shape index (κ3) is 46.0. The Balaban J connectivity index is 4.41. The highest BCUT2D eigenvalue weighted by atomic mass is 31.2. The van der Waals surface area contributed by atoms with Gasteiger partial charge in [0.15, 0.2) is 6.10 Å². The van der Waals surface area contributed by atoms with Crippen molar-refractivity contribution in [2.45, 2.75) is 174 Å². The van der Waals surface area contributed by atoms with E-state index in [1.54, 1.807) is 12.2 Å². The molecule has 0 aromatic carbocycles. The van der Waals surface area contributed by atoms with Gasteiger partial charge >= 0.3 is 19.8 Å². The summed E-state index contributed by atoms with van der Waals surface area (Å²) in [6.45, 7) is 3.48. The van der Waals surface area contributed by atoms with Crippen molar-refractivity contribution in [2.24, 2.45) is 5.73 Å². The van der Waals surface area contributed by atoms with E-state index in [2.05, 4.69) is 86.8 Å². The normalized spacial score (nSPS) is 14.2. The molecule has 0 heterocycles. The van der Waals surface area contributed by atoms with Crippen molar-refractivity contribution < 1.29 is 37.6 Å². The molecule has 3 N–H and O–H groups in total. The van der Waals surface area contributed by atoms with Crippen molar-refractivity contribution in [3.8, 4) is 0 Å². The van der Waals surface area contributed by atoms with E-state index >= 15 is 0 Å². The lowest BCUT2D eigenvalue weighted by Crippen LogP contribution is -2.29. The van der Waals surface area contributed by atoms with Gasteiger partial charge in [0.05, 0.1) is 26.1 Å². The first-order valence-electron chi connectivity index (χ1n) is 23.4. The SMILES string of the molecule is CCCCCCCC=CCC=CCC=CCC=CCC=CCC(=O)OC[C@H](COP(=O)(O)OCCN)OC(=O)CC=CCC=CCC=CCC=CCCCCCCCCCC. The van der Waals surface area contributed by atoms with Gasteiger partial charge in [-0.3, -0.25) is 18.6 Å². The predicted molar refractivity (Wildman–Crippen MR) is 256 cm³/mol. The summed E-state index contributed by atoms with van der Waals surface area (Å²) in [7, 11) is -4.43. The van der Waals surface area contributed by atoms with E-state index in [0.29, 0.717) is 12.8 Å². The molecule has 0 aliphatic heterocycles. The number of nitrogens with two attached hydrogens (primary N) is 1. The molecule has 0 aromatic heterocycles. The number of hydrogen-bond acceptors (Lipinski definition) is 8. The monoisotopic (exact) mass is 870 g/mol. The number of unbranched alkanes of at least 4 members (excludes halogenated alkanes) is 13. The molecule has 0 rings (SSSR count). The minimum Gasteiger partial charge on any atom is -0.461 e. The van der Waals surface area contributed by atoms with E-state index in [4.69, 9.17) is 24.3 Å². The third-order valence-electron chi connectivity index (χ3n) is 9.20. The van der Waals surface area contributed by atoms with Crippen molar-refractivity contribution in [3.05, 3.63) is 109 Å². The van der Waals surface area contributed by atoms with Crippen LogP contribution in [0.15, 0.2) is 109 Å². The Hall–Kier alpha value is -3.33. The van der Waals surface area contributed by atoms with Gasteiger partial charge in [0.25, 0.3) is 0 Å². The number of allylic oxidation sites excluding steroid dienone is 16. The van der Waals surface area contributed by atoms with Crippen LogP contribution in [-0.4, -0.2) is 49.3 Å². The van der Waals surface area contributed by atoms with Gasteiger partial charge in [-0.25, -0.2) is 4.57 Å². The Morgan fingerprint density at radius 3 is 1.26 bits per heavy atom. The molecule has 9 nitrogen and oxygen atoms in total. The predicted octanol–water partition coefficient (Wildman–Crippen LogP) is 13.9. The quantitative estimate of drug-likeness (QED) is 0.0266. The summed E-state index contributed by atoms with van der Waals surface area (Å²) in [6, 6.07) is 0. The molecule has 2 atom stereocenters. The molecule has 0 radical (unpaired) electrons. The standard InChI is InChI=1S/C51H84NO8P/c1-3-5-7-9-11-13-15-17-19-21-23-25-27-29-31-33-35-37-39-41-43-50(53)57-47-49(48-59-61(55,56)58-46-45-52)60-51(54)44-42-40-38-36-34-32-30-28-26-24-22-20-18-16-14-12-10-8-6-4-2/h15,17,21-24,27-30,33-36,39-42,49H,3-14,16,18-20,25-26,31-32,37-38,43-48,52H2,1-2H3,(H,55,56)/t49-/m1/s1. The Bertz CT molecular complexity index is 1360. The van der Waals surface area contributed by atoms with E-state index in [1.165, 1.54) is 89.9 Å². The van der Waals surface area contributed by atoms with Crippen molar-refractivity contribution in [3.63, 3.8) is 0 Å². The van der Waals surface area contributed by atoms with Crippen LogP contribution >= 0.6 is 7.82 Å². The second kappa shape index (κ2) is 46.2. The van der Waals surface area contributed by atoms with E-state index in [9.17, 15) is 19.0 Å². The van der Waals surface area contributed by atoms with E-state index < -0.39 is 32.5 Å². The molecule has 0 aliphatic rings. The highest BCUT2D eigenvalue weighted by molar-refractivity contribution is 7.47. The number of carbonyl (C=O) groups excluding carboxylic acids is 2. The summed E-state index contributed by atoms with van der Waals surface area (Å²) < 4.78 is 32.6. The molecule has 0 fully saturated rings. The average Bonchev–Trinajstić information content (AvgIpc) is 3.25. The molecule has 10 heteroatoms. The highest BCUT2D eigenvalue weighted by Gasteiger charge is 2.25. The van der Waals surface area contributed by atoms with E-state index in [0.717, 1.165) is 38.5 Å². The van der Waals surface area contributed by atoms with Crippen molar-refractivity contribution in [1.82, 2.24) is 0 Å². The maximum absolute atomic E-state index is 12.5. The molecular weight excluding hydrogens is 786 g/mol. The number of esters is 2. The smallest absolute Gasteiger partial charge is 0.461 e. The Morgan fingerprint density at radius 1 is 0.492 bits per heavy atom. The molecule has 1 unspecified atom stereocenters. The second-order valence-corrected chi connectivity index (χ2v) is 16.4. The van der Waals surface area contributed by atoms with Gasteiger partial charge in [-0.05, 0) is 70.6 Å². The van der Waals surface area contributed by atoms with Crippen LogP contribution in [0.2, 0.25) is 0 Å². The Morgan fingerprint density at radius 2 is 0.852 bits per heavy atom. The van der Waals surface area contributed by atoms with Crippen LogP contribution in [0.3, 0.4) is 0 Å². The summed E-state index contributed by atoms with van der Waals surface area (Å²) in [5.74, 6) is -1.13. The largest absolute Gasteiger partial charge is 0.472 e. The minimum absolute atomic E-state index is 0.0230. The van der Waals surface area contributed by atoms with Crippen molar-refractivity contribution in [1.29, 1.82) is 0 Å². The molecule has 0 bridgehead atoms. The van der Waals surface area contributed by atoms with Crippen LogP contribution in [0.1, 0.15) is 168 Å². The number of carbonyl (C=O) groups is 2. The zero-order valence-corrected chi connectivity index (χ0v) is 39.0. The first kappa shape index (κ1) is 57.7. The molecule has 0 spiro atoms. The lowest BCUT2D eigenvalue weighted by atomic mass is 10.1. The first-order chi connectivity index (χ1) is 29.8. The second-order valence-electron chi connectivity index (χ2n) is 14.9. The molecule has 61 heavy (non-hydrogen) atoms. The summed E-state index contributed by atoms with van der Waals surface area (Å²) in [4.78, 5) is 34.8. The highest BCUT2D eigenvalue weighted by Crippen LogP contribution is 2.43. The fourth-order valence-corrected chi connectivity index (χ4v) is 6.50. The summed E-state index contributed by atoms with van der Waals surface area (Å²) in [5.41, 5.74) is 5.34. The number of phosphoric ester groups is 1. The topological polar surface area (TPSA) is 134 Å².